The van der Waals surface area contributed by atoms with Crippen LogP contribution in [0.5, 0.6) is 0 Å². The molecule has 4 aliphatic carbocycles. The molecule has 3 fully saturated rings. The molecule has 4 rings (SSSR count). The molecule has 0 saturated heterocycles. The van der Waals surface area contributed by atoms with Gasteiger partial charge < -0.3 is 0 Å². The molecule has 0 spiro atoms. The monoisotopic (exact) mass is 412 g/mol. The van der Waals surface area contributed by atoms with Crippen molar-refractivity contribution >= 4 is 11.6 Å². The molecule has 2 heteroatoms. The fourth-order valence-electron chi connectivity index (χ4n) is 5.83. The molecule has 0 heterocycles. The van der Waals surface area contributed by atoms with Crippen molar-refractivity contribution in [3.63, 3.8) is 0 Å². The minimum Gasteiger partial charge on any atom is -0.299 e. The summed E-state index contributed by atoms with van der Waals surface area (Å²) >= 11 is 0. The van der Waals surface area contributed by atoms with Crippen LogP contribution >= 0.6 is 0 Å². The summed E-state index contributed by atoms with van der Waals surface area (Å²) < 4.78 is 0. The summed E-state index contributed by atoms with van der Waals surface area (Å²) in [7, 11) is 0. The van der Waals surface area contributed by atoms with Crippen LogP contribution in [0, 0.1) is 28.1 Å². The van der Waals surface area contributed by atoms with Crippen LogP contribution in [0.3, 0.4) is 0 Å². The third-order valence-corrected chi connectivity index (χ3v) is 8.04. The topological polar surface area (TPSA) is 34.1 Å². The average Bonchev–Trinajstić information content (AvgIpc) is 3.58. The third kappa shape index (κ3) is 6.17. The first-order chi connectivity index (χ1) is 14.1. The lowest BCUT2D eigenvalue weighted by Crippen LogP contribution is -2.30. The Hall–Kier alpha value is -1.18. The van der Waals surface area contributed by atoms with Crippen molar-refractivity contribution in [3.8, 4) is 0 Å². The van der Waals surface area contributed by atoms with Crippen LogP contribution in [-0.2, 0) is 9.59 Å². The second-order valence-corrected chi connectivity index (χ2v) is 12.2. The van der Waals surface area contributed by atoms with Crippen molar-refractivity contribution in [1.29, 1.82) is 0 Å². The van der Waals surface area contributed by atoms with Gasteiger partial charge in [-0.2, -0.15) is 0 Å². The van der Waals surface area contributed by atoms with Gasteiger partial charge in [0, 0.05) is 18.3 Å². The van der Waals surface area contributed by atoms with Gasteiger partial charge in [0.15, 0.2) is 5.78 Å². The van der Waals surface area contributed by atoms with Crippen LogP contribution in [0.15, 0.2) is 24.3 Å². The molecule has 3 saturated carbocycles. The molecule has 2 unspecified atom stereocenters. The molecule has 0 bridgehead atoms. The quantitative estimate of drug-likeness (QED) is 0.384. The van der Waals surface area contributed by atoms with Gasteiger partial charge in [0.2, 0.25) is 0 Å². The van der Waals surface area contributed by atoms with E-state index >= 15 is 0 Å². The molecule has 0 aromatic rings. The predicted octanol–water partition coefficient (Wildman–Crippen LogP) is 7.62. The van der Waals surface area contributed by atoms with Gasteiger partial charge in [0.25, 0.3) is 0 Å². The number of hydrogen-bond acceptors (Lipinski definition) is 2. The van der Waals surface area contributed by atoms with E-state index < -0.39 is 0 Å². The van der Waals surface area contributed by atoms with Crippen molar-refractivity contribution in [1.82, 2.24) is 0 Å². The fraction of sp³-hybridized carbons (Fsp3) is 0.786. The van der Waals surface area contributed by atoms with Crippen molar-refractivity contribution in [3.05, 3.63) is 24.3 Å². The Balaban J connectivity index is 0.000000173. The summed E-state index contributed by atoms with van der Waals surface area (Å²) in [5.41, 5.74) is 1.94. The van der Waals surface area contributed by atoms with Crippen LogP contribution in [0.1, 0.15) is 111 Å². The number of hydrogen-bond donors (Lipinski definition) is 0. The number of Topliss-reactive ketones (excluding diaryl/α,β-unsaturated/α-hetero) is 2. The molecule has 0 aromatic carbocycles. The highest BCUT2D eigenvalue weighted by Crippen LogP contribution is 2.66. The Morgan fingerprint density at radius 1 is 1.07 bits per heavy atom. The Kier molecular flexibility index (Phi) is 7.15. The van der Waals surface area contributed by atoms with E-state index in [-0.39, 0.29) is 5.41 Å². The highest BCUT2D eigenvalue weighted by atomic mass is 16.1. The van der Waals surface area contributed by atoms with Gasteiger partial charge in [-0.3, -0.25) is 9.59 Å². The number of rotatable bonds is 8. The average molecular weight is 413 g/mol. The molecular formula is C28H44O2. The van der Waals surface area contributed by atoms with Crippen LogP contribution in [0.4, 0.5) is 0 Å². The van der Waals surface area contributed by atoms with Gasteiger partial charge in [-0.1, -0.05) is 52.7 Å². The highest BCUT2D eigenvalue weighted by molar-refractivity contribution is 5.95. The van der Waals surface area contributed by atoms with Crippen molar-refractivity contribution in [2.45, 2.75) is 111 Å². The van der Waals surface area contributed by atoms with E-state index in [9.17, 15) is 9.59 Å². The first-order valence-electron chi connectivity index (χ1n) is 12.4. The summed E-state index contributed by atoms with van der Waals surface area (Å²) in [6, 6.07) is 0. The number of ketones is 2. The summed E-state index contributed by atoms with van der Waals surface area (Å²) in [6.45, 7) is 12.8. The standard InChI is InChI=1S/C15H24O.C13H20O/c1-14(2)8-7-12-9-15(12,10-14)13(16)6-5-11-3-4-11;1-4-5-8-12(14)11-7-6-9-13(2,3)10-11/h11-12H,3-10H2,1-2H3;4,7H,1,5-6,8-10H2,2-3H3. The first kappa shape index (κ1) is 23.5. The molecule has 0 amide bonds. The maximum atomic E-state index is 12.4. The lowest BCUT2D eigenvalue weighted by molar-refractivity contribution is -0.127. The van der Waals surface area contributed by atoms with Gasteiger partial charge in [-0.25, -0.2) is 0 Å². The summed E-state index contributed by atoms with van der Waals surface area (Å²) in [5.74, 6) is 2.62. The van der Waals surface area contributed by atoms with E-state index in [2.05, 4.69) is 40.3 Å². The predicted molar refractivity (Wildman–Crippen MR) is 125 cm³/mol. The van der Waals surface area contributed by atoms with Gasteiger partial charge in [0.05, 0.1) is 0 Å². The second kappa shape index (κ2) is 9.13. The van der Waals surface area contributed by atoms with Gasteiger partial charge in [-0.15, -0.1) is 6.58 Å². The number of fused-ring (bicyclic) bond motifs is 1. The van der Waals surface area contributed by atoms with E-state index in [1.807, 2.05) is 6.08 Å². The lowest BCUT2D eigenvalue weighted by Gasteiger charge is -2.34. The Labute approximate surface area is 185 Å². The fourth-order valence-corrected chi connectivity index (χ4v) is 5.83. The summed E-state index contributed by atoms with van der Waals surface area (Å²) in [5, 5.41) is 0. The molecule has 4 aliphatic rings. The van der Waals surface area contributed by atoms with E-state index in [0.29, 0.717) is 28.8 Å². The van der Waals surface area contributed by atoms with Crippen LogP contribution in [-0.4, -0.2) is 11.6 Å². The number of carbonyl (C=O) groups excluding carboxylic acids is 2. The van der Waals surface area contributed by atoms with Crippen LogP contribution in [0.25, 0.3) is 0 Å². The van der Waals surface area contributed by atoms with Crippen molar-refractivity contribution in [2.24, 2.45) is 28.1 Å². The Bertz CT molecular complexity index is 691. The van der Waals surface area contributed by atoms with Crippen LogP contribution in [0.2, 0.25) is 0 Å². The third-order valence-electron chi connectivity index (χ3n) is 8.04. The van der Waals surface area contributed by atoms with Gasteiger partial charge in [-0.05, 0) is 86.0 Å². The summed E-state index contributed by atoms with van der Waals surface area (Å²) in [4.78, 5) is 24.1. The number of allylic oxidation sites excluding steroid dienone is 3. The van der Waals surface area contributed by atoms with E-state index in [0.717, 1.165) is 43.1 Å². The molecule has 0 radical (unpaired) electrons. The first-order valence-corrected chi connectivity index (χ1v) is 12.4. The maximum absolute atomic E-state index is 12.4. The van der Waals surface area contributed by atoms with E-state index in [1.54, 1.807) is 0 Å². The molecular weight excluding hydrogens is 368 g/mol. The van der Waals surface area contributed by atoms with Gasteiger partial charge in [0.1, 0.15) is 5.78 Å². The molecule has 0 aromatic heterocycles. The minimum atomic E-state index is 0.163. The summed E-state index contributed by atoms with van der Waals surface area (Å²) in [6.07, 6.45) is 18.4. The molecule has 0 aliphatic heterocycles. The highest BCUT2D eigenvalue weighted by Gasteiger charge is 2.62. The molecule has 30 heavy (non-hydrogen) atoms. The zero-order valence-electron chi connectivity index (χ0n) is 20.0. The SMILES string of the molecule is C=CCCC(=O)C1=CCCC(C)(C)C1.CC1(C)CCC2CC2(C(=O)CCC2CC2)C1. The van der Waals surface area contributed by atoms with E-state index in [1.165, 1.54) is 51.4 Å². The lowest BCUT2D eigenvalue weighted by atomic mass is 9.70. The zero-order chi connectivity index (χ0) is 22.0. The van der Waals surface area contributed by atoms with Gasteiger partial charge >= 0.3 is 0 Å². The van der Waals surface area contributed by atoms with Crippen molar-refractivity contribution in [2.75, 3.05) is 0 Å². The second-order valence-electron chi connectivity index (χ2n) is 12.2. The minimum absolute atomic E-state index is 0.163. The molecule has 2 nitrogen and oxygen atoms in total. The normalized spacial score (nSPS) is 30.8. The smallest absolute Gasteiger partial charge is 0.158 e. The maximum Gasteiger partial charge on any atom is 0.158 e. The van der Waals surface area contributed by atoms with E-state index in [4.69, 9.17) is 0 Å². The molecule has 2 atom stereocenters. The molecule has 168 valence electrons. The largest absolute Gasteiger partial charge is 0.299 e. The number of carbonyl (C=O) groups is 2. The van der Waals surface area contributed by atoms with Crippen molar-refractivity contribution < 1.29 is 9.59 Å². The van der Waals surface area contributed by atoms with Crippen LogP contribution < -0.4 is 0 Å². The Morgan fingerprint density at radius 2 is 1.80 bits per heavy atom. The molecule has 0 N–H and O–H groups in total. The Morgan fingerprint density at radius 3 is 2.43 bits per heavy atom. The zero-order valence-corrected chi connectivity index (χ0v) is 20.0.